The Balaban J connectivity index is 1.85. The van der Waals surface area contributed by atoms with Crippen LogP contribution in [0.1, 0.15) is 65.7 Å². The number of rotatable bonds is 0. The molecule has 2 bridgehead atoms. The third-order valence-corrected chi connectivity index (χ3v) is 5.99. The summed E-state index contributed by atoms with van der Waals surface area (Å²) in [6.45, 7) is 6.53. The Labute approximate surface area is 127 Å². The lowest BCUT2D eigenvalue weighted by atomic mass is 9.65. The monoisotopic (exact) mass is 292 g/mol. The minimum absolute atomic E-state index is 0.150. The summed E-state index contributed by atoms with van der Waals surface area (Å²) in [5.41, 5.74) is 1.34. The van der Waals surface area contributed by atoms with Crippen molar-refractivity contribution in [3.8, 4) is 0 Å². The number of ketones is 1. The van der Waals surface area contributed by atoms with Gasteiger partial charge in [0, 0.05) is 5.92 Å². The summed E-state index contributed by atoms with van der Waals surface area (Å²) in [5, 5.41) is 10.3. The zero-order valence-corrected chi connectivity index (χ0v) is 13.5. The molecule has 21 heavy (non-hydrogen) atoms. The van der Waals surface area contributed by atoms with Crippen molar-refractivity contribution in [1.29, 1.82) is 0 Å². The average molecular weight is 292 g/mol. The van der Waals surface area contributed by atoms with Gasteiger partial charge in [0.05, 0.1) is 6.10 Å². The second-order valence-corrected chi connectivity index (χ2v) is 8.03. The molecule has 0 unspecified atom stereocenters. The lowest BCUT2D eigenvalue weighted by molar-refractivity contribution is -0.132. The van der Waals surface area contributed by atoms with Crippen LogP contribution in [0.5, 0.6) is 0 Å². The van der Waals surface area contributed by atoms with E-state index >= 15 is 0 Å². The first-order valence-corrected chi connectivity index (χ1v) is 8.38. The molecule has 5 atom stereocenters. The van der Waals surface area contributed by atoms with Crippen LogP contribution < -0.4 is 0 Å². The lowest BCUT2D eigenvalue weighted by Gasteiger charge is -2.40. The predicted octanol–water partition coefficient (Wildman–Crippen LogP) is 3.40. The van der Waals surface area contributed by atoms with Gasteiger partial charge in [0.15, 0.2) is 5.78 Å². The third-order valence-electron chi connectivity index (χ3n) is 5.99. The van der Waals surface area contributed by atoms with Gasteiger partial charge >= 0.3 is 0 Å². The average Bonchev–Trinajstić information content (AvgIpc) is 3.10. The van der Waals surface area contributed by atoms with Crippen molar-refractivity contribution in [2.45, 2.75) is 83.5 Å². The fourth-order valence-corrected chi connectivity index (χ4v) is 4.17. The van der Waals surface area contributed by atoms with Gasteiger partial charge in [0.25, 0.3) is 0 Å². The van der Waals surface area contributed by atoms with Crippen molar-refractivity contribution in [3.05, 3.63) is 11.6 Å². The van der Waals surface area contributed by atoms with Crippen molar-refractivity contribution in [3.63, 3.8) is 0 Å². The van der Waals surface area contributed by atoms with Crippen LogP contribution in [-0.4, -0.2) is 28.7 Å². The van der Waals surface area contributed by atoms with Crippen molar-refractivity contribution in [2.75, 3.05) is 0 Å². The van der Waals surface area contributed by atoms with E-state index in [0.717, 1.165) is 44.9 Å². The number of aliphatic hydroxyl groups excluding tert-OH is 1. The van der Waals surface area contributed by atoms with Gasteiger partial charge in [-0.2, -0.15) is 0 Å². The molecule has 1 heterocycles. The van der Waals surface area contributed by atoms with E-state index in [9.17, 15) is 9.90 Å². The van der Waals surface area contributed by atoms with Gasteiger partial charge in [-0.15, -0.1) is 0 Å². The van der Waals surface area contributed by atoms with Crippen LogP contribution in [0.15, 0.2) is 11.6 Å². The zero-order valence-electron chi connectivity index (χ0n) is 13.5. The van der Waals surface area contributed by atoms with Crippen LogP contribution in [0.4, 0.5) is 0 Å². The highest BCUT2D eigenvalue weighted by molar-refractivity contribution is 5.89. The van der Waals surface area contributed by atoms with E-state index in [1.165, 1.54) is 5.57 Å². The highest BCUT2D eigenvalue weighted by Crippen LogP contribution is 2.48. The van der Waals surface area contributed by atoms with Crippen LogP contribution in [0.3, 0.4) is 0 Å². The fraction of sp³-hybridized carbons (Fsp3) is 0.833. The summed E-state index contributed by atoms with van der Waals surface area (Å²) in [5.74, 6) is -0.0727. The third kappa shape index (κ3) is 2.95. The molecule has 118 valence electrons. The Bertz CT molecular complexity index is 469. The van der Waals surface area contributed by atoms with Gasteiger partial charge in [-0.3, -0.25) is 4.79 Å². The van der Waals surface area contributed by atoms with E-state index in [-0.39, 0.29) is 28.8 Å². The van der Waals surface area contributed by atoms with E-state index in [1.807, 2.05) is 6.92 Å². The lowest BCUT2D eigenvalue weighted by Crippen LogP contribution is -2.42. The summed E-state index contributed by atoms with van der Waals surface area (Å²) in [6.07, 6.45) is 8.25. The van der Waals surface area contributed by atoms with Gasteiger partial charge < -0.3 is 9.84 Å². The first kappa shape index (κ1) is 15.2. The Morgan fingerprint density at radius 1 is 1.29 bits per heavy atom. The smallest absolute Gasteiger partial charge is 0.170 e. The van der Waals surface area contributed by atoms with Crippen LogP contribution in [0.2, 0.25) is 0 Å². The summed E-state index contributed by atoms with van der Waals surface area (Å²) in [7, 11) is 0. The molecule has 3 aliphatic rings. The summed E-state index contributed by atoms with van der Waals surface area (Å²) < 4.78 is 5.75. The number of fused-ring (bicyclic) bond motifs is 3. The minimum Gasteiger partial charge on any atom is -0.392 e. The first-order chi connectivity index (χ1) is 9.83. The number of hydrogen-bond donors (Lipinski definition) is 1. The Morgan fingerprint density at radius 3 is 2.81 bits per heavy atom. The Morgan fingerprint density at radius 2 is 2.05 bits per heavy atom. The Kier molecular flexibility index (Phi) is 3.77. The highest BCUT2D eigenvalue weighted by atomic mass is 16.6. The van der Waals surface area contributed by atoms with Crippen molar-refractivity contribution in [1.82, 2.24) is 0 Å². The number of ether oxygens (including phenoxy) is 1. The van der Waals surface area contributed by atoms with Gasteiger partial charge in [0.2, 0.25) is 0 Å². The molecule has 3 rings (SSSR count). The van der Waals surface area contributed by atoms with E-state index in [0.29, 0.717) is 0 Å². The van der Waals surface area contributed by atoms with Gasteiger partial charge in [-0.05, 0) is 64.2 Å². The maximum Gasteiger partial charge on any atom is 0.170 e. The minimum atomic E-state index is -0.474. The molecule has 0 aromatic heterocycles. The molecular formula is C18H28O3. The molecule has 2 fully saturated rings. The SMILES string of the molecule is C/C1=C\CC[C@@]2(C)O[C@@H]2C(=O)[C@H]2C[C@](C)(CC1)CC[C@H]2O. The standard InChI is InChI=1S/C18H28O3/c1-12-5-4-8-18(3)16(21-18)15(20)13-11-17(2,9-6-12)10-7-14(13)19/h5,13-14,16,19H,4,6-11H2,1-3H3/b12-5+/t13-,14+,16+,17+,18+/m0/s1. The molecule has 0 aromatic rings. The molecule has 3 nitrogen and oxygen atoms in total. The maximum absolute atomic E-state index is 12.7. The highest BCUT2D eigenvalue weighted by Gasteiger charge is 2.58. The van der Waals surface area contributed by atoms with E-state index in [2.05, 4.69) is 19.9 Å². The number of epoxide rings is 1. The van der Waals surface area contributed by atoms with Crippen LogP contribution in [0.25, 0.3) is 0 Å². The van der Waals surface area contributed by atoms with Crippen LogP contribution >= 0.6 is 0 Å². The normalized spacial score (nSPS) is 50.2. The number of Topliss-reactive ketones (excluding diaryl/α,β-unsaturated/α-hetero) is 1. The fourth-order valence-electron chi connectivity index (χ4n) is 4.17. The predicted molar refractivity (Wildman–Crippen MR) is 82.0 cm³/mol. The van der Waals surface area contributed by atoms with Crippen molar-refractivity contribution in [2.24, 2.45) is 11.3 Å². The zero-order chi connectivity index (χ0) is 15.3. The molecule has 2 aliphatic carbocycles. The number of carbonyl (C=O) groups excluding carboxylic acids is 1. The maximum atomic E-state index is 12.7. The van der Waals surface area contributed by atoms with Gasteiger partial charge in [-0.25, -0.2) is 0 Å². The first-order valence-electron chi connectivity index (χ1n) is 8.38. The molecule has 0 aromatic carbocycles. The molecular weight excluding hydrogens is 264 g/mol. The van der Waals surface area contributed by atoms with Crippen LogP contribution in [0, 0.1) is 11.3 Å². The second kappa shape index (κ2) is 5.20. The molecule has 0 amide bonds. The largest absolute Gasteiger partial charge is 0.392 e. The van der Waals surface area contributed by atoms with E-state index in [1.54, 1.807) is 0 Å². The number of hydrogen-bond acceptors (Lipinski definition) is 3. The molecule has 1 saturated carbocycles. The van der Waals surface area contributed by atoms with E-state index in [4.69, 9.17) is 4.74 Å². The Hall–Kier alpha value is -0.670. The summed E-state index contributed by atoms with van der Waals surface area (Å²) in [6, 6.07) is 0. The number of aliphatic hydroxyl groups is 1. The van der Waals surface area contributed by atoms with E-state index < -0.39 is 6.10 Å². The van der Waals surface area contributed by atoms with Gasteiger partial charge in [-0.1, -0.05) is 18.6 Å². The molecule has 0 radical (unpaired) electrons. The quantitative estimate of drug-likeness (QED) is 0.550. The van der Waals surface area contributed by atoms with Crippen molar-refractivity contribution >= 4 is 5.78 Å². The molecule has 1 N–H and O–H groups in total. The topological polar surface area (TPSA) is 49.8 Å². The van der Waals surface area contributed by atoms with Crippen LogP contribution in [-0.2, 0) is 9.53 Å². The van der Waals surface area contributed by atoms with Gasteiger partial charge in [0.1, 0.15) is 11.7 Å². The second-order valence-electron chi connectivity index (χ2n) is 8.03. The number of allylic oxidation sites excluding steroid dienone is 2. The molecule has 1 aliphatic heterocycles. The summed E-state index contributed by atoms with van der Waals surface area (Å²) >= 11 is 0. The summed E-state index contributed by atoms with van der Waals surface area (Å²) in [4.78, 5) is 12.7. The number of carbonyl (C=O) groups is 1. The van der Waals surface area contributed by atoms with Crippen molar-refractivity contribution < 1.29 is 14.6 Å². The molecule has 1 saturated heterocycles. The molecule has 0 spiro atoms. The molecule has 3 heteroatoms.